The molecule has 1 amide bonds. The van der Waals surface area contributed by atoms with Gasteiger partial charge in [-0.25, -0.2) is 0 Å². The largest absolute Gasteiger partial charge is 0.508 e. The maximum Gasteiger partial charge on any atom is 0.291 e. The number of aromatic hydroxyl groups is 1. The van der Waals surface area contributed by atoms with Gasteiger partial charge in [0.15, 0.2) is 5.43 Å². The van der Waals surface area contributed by atoms with E-state index in [1.54, 1.807) is 47.4 Å². The Kier molecular flexibility index (Phi) is 4.33. The van der Waals surface area contributed by atoms with Gasteiger partial charge in [0, 0.05) is 18.2 Å². The van der Waals surface area contributed by atoms with Gasteiger partial charge in [0.2, 0.25) is 5.76 Å². The van der Waals surface area contributed by atoms with Crippen molar-refractivity contribution in [3.8, 4) is 5.75 Å². The van der Waals surface area contributed by atoms with Crippen LogP contribution in [0.3, 0.4) is 0 Å². The highest BCUT2D eigenvalue weighted by atomic mass is 35.5. The Bertz CT molecular complexity index is 1160. The molecule has 2 aliphatic rings. The Morgan fingerprint density at radius 3 is 2.66 bits per heavy atom. The van der Waals surface area contributed by atoms with Gasteiger partial charge in [-0.15, -0.1) is 0 Å². The molecule has 1 aromatic heterocycles. The fourth-order valence-corrected chi connectivity index (χ4v) is 4.36. The van der Waals surface area contributed by atoms with E-state index >= 15 is 0 Å². The highest BCUT2D eigenvalue weighted by Gasteiger charge is 2.43. The van der Waals surface area contributed by atoms with Gasteiger partial charge in [-0.2, -0.15) is 0 Å². The molecule has 2 aromatic carbocycles. The molecular weight excluding hydrogens is 394 g/mol. The van der Waals surface area contributed by atoms with Crippen LogP contribution in [0.5, 0.6) is 5.75 Å². The van der Waals surface area contributed by atoms with Crippen molar-refractivity contribution >= 4 is 28.5 Å². The number of phenolic OH excluding ortho intramolecular Hbond substituents is 1. The standard InChI is InChI=1S/C22H18ClNO5/c23-13-5-8-17-16(10-13)20(26)18-19(12-3-6-14(25)7-4-12)24(22(27)21(18)29-17)11-15-2-1-9-28-15/h3-8,10,15,19,25H,1-2,9,11H2. The van der Waals surface area contributed by atoms with Crippen LogP contribution < -0.4 is 5.43 Å². The third kappa shape index (κ3) is 2.99. The summed E-state index contributed by atoms with van der Waals surface area (Å²) < 4.78 is 11.6. The number of hydrogen-bond donors (Lipinski definition) is 1. The molecule has 0 saturated carbocycles. The fraction of sp³-hybridized carbons (Fsp3) is 0.273. The average Bonchev–Trinajstić information content (AvgIpc) is 3.32. The van der Waals surface area contributed by atoms with E-state index < -0.39 is 6.04 Å². The van der Waals surface area contributed by atoms with Crippen LogP contribution in [0.2, 0.25) is 5.02 Å². The molecule has 2 unspecified atom stereocenters. The van der Waals surface area contributed by atoms with E-state index in [4.69, 9.17) is 20.8 Å². The fourth-order valence-electron chi connectivity index (χ4n) is 4.19. The minimum absolute atomic E-state index is 0.0564. The van der Waals surface area contributed by atoms with E-state index in [2.05, 4.69) is 0 Å². The summed E-state index contributed by atoms with van der Waals surface area (Å²) in [5, 5.41) is 10.4. The third-order valence-corrected chi connectivity index (χ3v) is 5.80. The molecule has 148 valence electrons. The zero-order chi connectivity index (χ0) is 20.1. The predicted octanol–water partition coefficient (Wildman–Crippen LogP) is 3.88. The van der Waals surface area contributed by atoms with Crippen LogP contribution in [0.4, 0.5) is 0 Å². The number of phenols is 1. The minimum Gasteiger partial charge on any atom is -0.508 e. The van der Waals surface area contributed by atoms with Crippen LogP contribution in [-0.4, -0.2) is 35.2 Å². The molecule has 0 radical (unpaired) electrons. The normalized spacial score (nSPS) is 21.1. The van der Waals surface area contributed by atoms with Crippen molar-refractivity contribution in [2.75, 3.05) is 13.2 Å². The number of nitrogens with zero attached hydrogens (tertiary/aromatic N) is 1. The smallest absolute Gasteiger partial charge is 0.291 e. The van der Waals surface area contributed by atoms with Crippen LogP contribution in [-0.2, 0) is 4.74 Å². The van der Waals surface area contributed by atoms with Crippen LogP contribution in [0, 0.1) is 0 Å². The first-order valence-corrected chi connectivity index (χ1v) is 9.88. The molecule has 3 heterocycles. The SMILES string of the molecule is O=C1c2oc3ccc(Cl)cc3c(=O)c2C(c2ccc(O)cc2)N1CC1CCCO1. The maximum absolute atomic E-state index is 13.4. The Balaban J connectivity index is 1.71. The van der Waals surface area contributed by atoms with Crippen LogP contribution in [0.1, 0.15) is 40.6 Å². The number of halogens is 1. The lowest BCUT2D eigenvalue weighted by Crippen LogP contribution is -2.36. The Hall–Kier alpha value is -2.83. The van der Waals surface area contributed by atoms with E-state index in [1.165, 1.54) is 0 Å². The summed E-state index contributed by atoms with van der Waals surface area (Å²) in [6.07, 6.45) is 1.73. The molecule has 0 bridgehead atoms. The number of carbonyl (C=O) groups excluding carboxylic acids is 1. The summed E-state index contributed by atoms with van der Waals surface area (Å²) in [4.78, 5) is 28.3. The maximum atomic E-state index is 13.4. The molecule has 2 atom stereocenters. The molecule has 0 spiro atoms. The van der Waals surface area contributed by atoms with Gasteiger partial charge in [0.05, 0.1) is 23.1 Å². The molecule has 0 aliphatic carbocycles. The summed E-state index contributed by atoms with van der Waals surface area (Å²) in [5.74, 6) is -0.162. The molecule has 29 heavy (non-hydrogen) atoms. The van der Waals surface area contributed by atoms with Crippen molar-refractivity contribution in [2.45, 2.75) is 25.0 Å². The molecule has 6 nitrogen and oxygen atoms in total. The van der Waals surface area contributed by atoms with Gasteiger partial charge < -0.3 is 19.2 Å². The highest BCUT2D eigenvalue weighted by Crippen LogP contribution is 2.39. The summed E-state index contributed by atoms with van der Waals surface area (Å²) in [5.41, 5.74) is 1.08. The molecule has 1 saturated heterocycles. The molecule has 7 heteroatoms. The van der Waals surface area contributed by atoms with Crippen LogP contribution in [0.15, 0.2) is 51.7 Å². The van der Waals surface area contributed by atoms with E-state index in [-0.39, 0.29) is 28.9 Å². The van der Waals surface area contributed by atoms with Gasteiger partial charge in [0.25, 0.3) is 5.91 Å². The first-order chi connectivity index (χ1) is 14.0. The highest BCUT2D eigenvalue weighted by molar-refractivity contribution is 6.31. The lowest BCUT2D eigenvalue weighted by molar-refractivity contribution is 0.0486. The van der Waals surface area contributed by atoms with Crippen molar-refractivity contribution in [1.29, 1.82) is 0 Å². The van der Waals surface area contributed by atoms with Crippen LogP contribution >= 0.6 is 11.6 Å². The first kappa shape index (κ1) is 18.2. The van der Waals surface area contributed by atoms with E-state index in [0.717, 1.165) is 18.4 Å². The van der Waals surface area contributed by atoms with E-state index in [9.17, 15) is 14.7 Å². The number of hydrogen-bond acceptors (Lipinski definition) is 5. The van der Waals surface area contributed by atoms with Crippen molar-refractivity contribution in [3.63, 3.8) is 0 Å². The number of carbonyl (C=O) groups is 1. The van der Waals surface area contributed by atoms with Crippen LogP contribution in [0.25, 0.3) is 11.0 Å². The zero-order valence-electron chi connectivity index (χ0n) is 15.4. The van der Waals surface area contributed by atoms with Gasteiger partial charge in [-0.1, -0.05) is 23.7 Å². The van der Waals surface area contributed by atoms with Crippen molar-refractivity contribution in [1.82, 2.24) is 4.90 Å². The number of fused-ring (bicyclic) bond motifs is 2. The first-order valence-electron chi connectivity index (χ1n) is 9.50. The van der Waals surface area contributed by atoms with Crippen molar-refractivity contribution < 1.29 is 19.1 Å². The molecule has 3 aromatic rings. The molecule has 2 aliphatic heterocycles. The lowest BCUT2D eigenvalue weighted by Gasteiger charge is -2.27. The Labute approximate surface area is 171 Å². The topological polar surface area (TPSA) is 80.0 Å². The molecular formula is C22H18ClNO5. The second-order valence-corrected chi connectivity index (χ2v) is 7.84. The van der Waals surface area contributed by atoms with E-state index in [0.29, 0.717) is 34.7 Å². The van der Waals surface area contributed by atoms with Gasteiger partial charge >= 0.3 is 0 Å². The monoisotopic (exact) mass is 411 g/mol. The minimum atomic E-state index is -0.609. The van der Waals surface area contributed by atoms with Crippen molar-refractivity contribution in [3.05, 3.63) is 74.6 Å². The quantitative estimate of drug-likeness (QED) is 0.707. The second-order valence-electron chi connectivity index (χ2n) is 7.40. The zero-order valence-corrected chi connectivity index (χ0v) is 16.2. The molecule has 1 N–H and O–H groups in total. The summed E-state index contributed by atoms with van der Waals surface area (Å²) in [6.45, 7) is 1.04. The Morgan fingerprint density at radius 1 is 1.14 bits per heavy atom. The van der Waals surface area contributed by atoms with Gasteiger partial charge in [0.1, 0.15) is 11.3 Å². The molecule has 5 rings (SSSR count). The number of amides is 1. The molecule has 1 fully saturated rings. The number of rotatable bonds is 3. The van der Waals surface area contributed by atoms with Gasteiger partial charge in [-0.05, 0) is 48.7 Å². The number of benzene rings is 2. The lowest BCUT2D eigenvalue weighted by atomic mass is 9.98. The second kappa shape index (κ2) is 6.90. The summed E-state index contributed by atoms with van der Waals surface area (Å²) >= 11 is 6.08. The van der Waals surface area contributed by atoms with Crippen molar-refractivity contribution in [2.24, 2.45) is 0 Å². The predicted molar refractivity (Wildman–Crippen MR) is 107 cm³/mol. The number of ether oxygens (including phenoxy) is 1. The summed E-state index contributed by atoms with van der Waals surface area (Å²) in [6, 6.07) is 10.7. The van der Waals surface area contributed by atoms with Gasteiger partial charge in [-0.3, -0.25) is 9.59 Å². The van der Waals surface area contributed by atoms with E-state index in [1.807, 2.05) is 0 Å². The average molecular weight is 412 g/mol. The Morgan fingerprint density at radius 2 is 1.93 bits per heavy atom. The third-order valence-electron chi connectivity index (χ3n) is 5.56. The summed E-state index contributed by atoms with van der Waals surface area (Å²) in [7, 11) is 0.